The zero-order valence-corrected chi connectivity index (χ0v) is 11.6. The standard InChI is InChI=1S/C12H13F3N4S/c1-6-5-20-11(18-6)7(2)19-9-3-10(12(13,14)15)17-4-8(9)16/h3-5,7H,16H2,1-2H3,(H,17,19). The van der Waals surface area contributed by atoms with Crippen molar-refractivity contribution in [2.45, 2.75) is 26.1 Å². The van der Waals surface area contributed by atoms with E-state index in [0.29, 0.717) is 0 Å². The second-order valence-electron chi connectivity index (χ2n) is 4.35. The van der Waals surface area contributed by atoms with Gasteiger partial charge in [-0.2, -0.15) is 13.2 Å². The fraction of sp³-hybridized carbons (Fsp3) is 0.333. The molecule has 20 heavy (non-hydrogen) atoms. The number of nitrogens with one attached hydrogen (secondary N) is 1. The lowest BCUT2D eigenvalue weighted by atomic mass is 10.2. The number of hydrogen-bond donors (Lipinski definition) is 2. The monoisotopic (exact) mass is 302 g/mol. The van der Waals surface area contributed by atoms with Crippen LogP contribution in [0.4, 0.5) is 24.5 Å². The first-order chi connectivity index (χ1) is 9.27. The van der Waals surface area contributed by atoms with Crippen LogP contribution in [0, 0.1) is 6.92 Å². The van der Waals surface area contributed by atoms with E-state index in [2.05, 4.69) is 15.3 Å². The van der Waals surface area contributed by atoms with E-state index in [9.17, 15) is 13.2 Å². The third-order valence-electron chi connectivity index (χ3n) is 2.60. The maximum atomic E-state index is 12.6. The molecule has 0 spiro atoms. The Balaban J connectivity index is 2.24. The van der Waals surface area contributed by atoms with Crippen molar-refractivity contribution < 1.29 is 13.2 Å². The molecule has 0 saturated carbocycles. The lowest BCUT2D eigenvalue weighted by Crippen LogP contribution is -2.12. The summed E-state index contributed by atoms with van der Waals surface area (Å²) in [6.45, 7) is 3.67. The molecule has 1 atom stereocenters. The minimum absolute atomic E-state index is 0.165. The Morgan fingerprint density at radius 3 is 2.65 bits per heavy atom. The quantitative estimate of drug-likeness (QED) is 0.909. The Morgan fingerprint density at radius 1 is 1.40 bits per heavy atom. The molecule has 0 radical (unpaired) electrons. The molecule has 2 aromatic rings. The van der Waals surface area contributed by atoms with Crippen molar-refractivity contribution >= 4 is 22.7 Å². The highest BCUT2D eigenvalue weighted by Crippen LogP contribution is 2.32. The fourth-order valence-electron chi connectivity index (χ4n) is 1.61. The minimum atomic E-state index is -4.49. The number of thiazole rings is 1. The van der Waals surface area contributed by atoms with Gasteiger partial charge < -0.3 is 11.1 Å². The molecule has 4 nitrogen and oxygen atoms in total. The van der Waals surface area contributed by atoms with Gasteiger partial charge in [0.2, 0.25) is 0 Å². The van der Waals surface area contributed by atoms with E-state index in [1.54, 1.807) is 0 Å². The van der Waals surface area contributed by atoms with E-state index >= 15 is 0 Å². The molecule has 0 bridgehead atoms. The summed E-state index contributed by atoms with van der Waals surface area (Å²) in [7, 11) is 0. The third kappa shape index (κ3) is 3.19. The Labute approximate surface area is 117 Å². The Bertz CT molecular complexity index is 609. The van der Waals surface area contributed by atoms with Gasteiger partial charge in [-0.3, -0.25) is 0 Å². The van der Waals surface area contributed by atoms with Gasteiger partial charge in [0, 0.05) is 11.1 Å². The number of anilines is 2. The zero-order valence-electron chi connectivity index (χ0n) is 10.8. The van der Waals surface area contributed by atoms with Gasteiger partial charge in [-0.1, -0.05) is 0 Å². The highest BCUT2D eigenvalue weighted by atomic mass is 32.1. The van der Waals surface area contributed by atoms with Crippen molar-refractivity contribution in [1.29, 1.82) is 0 Å². The van der Waals surface area contributed by atoms with E-state index in [-0.39, 0.29) is 17.4 Å². The number of alkyl halides is 3. The first-order valence-corrected chi connectivity index (χ1v) is 6.66. The van der Waals surface area contributed by atoms with Crippen LogP contribution in [0.25, 0.3) is 0 Å². The van der Waals surface area contributed by atoms with Gasteiger partial charge in [0.1, 0.15) is 10.7 Å². The minimum Gasteiger partial charge on any atom is -0.396 e. The van der Waals surface area contributed by atoms with E-state index in [4.69, 9.17) is 5.73 Å². The first-order valence-electron chi connectivity index (χ1n) is 5.78. The maximum Gasteiger partial charge on any atom is 0.433 e. The molecule has 8 heteroatoms. The number of rotatable bonds is 3. The summed E-state index contributed by atoms with van der Waals surface area (Å²) in [5, 5.41) is 5.60. The summed E-state index contributed by atoms with van der Waals surface area (Å²) < 4.78 is 37.9. The molecule has 0 aliphatic heterocycles. The second kappa shape index (κ2) is 5.28. The topological polar surface area (TPSA) is 63.8 Å². The molecular formula is C12H13F3N4S. The molecule has 0 aliphatic rings. The molecule has 0 aliphatic carbocycles. The largest absolute Gasteiger partial charge is 0.433 e. The van der Waals surface area contributed by atoms with Crippen LogP contribution in [0.15, 0.2) is 17.6 Å². The van der Waals surface area contributed by atoms with Crippen molar-refractivity contribution in [2.75, 3.05) is 11.1 Å². The number of halogens is 3. The Morgan fingerprint density at radius 2 is 2.10 bits per heavy atom. The Hall–Kier alpha value is -1.83. The molecule has 3 N–H and O–H groups in total. The van der Waals surface area contributed by atoms with Crippen LogP contribution in [0.2, 0.25) is 0 Å². The van der Waals surface area contributed by atoms with E-state index in [1.165, 1.54) is 11.3 Å². The highest BCUT2D eigenvalue weighted by Gasteiger charge is 2.33. The predicted octanol–water partition coefficient (Wildman–Crippen LogP) is 3.62. The molecule has 108 valence electrons. The van der Waals surface area contributed by atoms with Gasteiger partial charge in [0.25, 0.3) is 0 Å². The number of aryl methyl sites for hydroxylation is 1. The number of nitrogen functional groups attached to an aromatic ring is 1. The van der Waals surface area contributed by atoms with Gasteiger partial charge in [0.15, 0.2) is 0 Å². The normalized spacial score (nSPS) is 13.2. The maximum absolute atomic E-state index is 12.6. The van der Waals surface area contributed by atoms with Crippen LogP contribution in [-0.4, -0.2) is 9.97 Å². The van der Waals surface area contributed by atoms with Crippen molar-refractivity contribution in [2.24, 2.45) is 0 Å². The number of aromatic nitrogens is 2. The fourth-order valence-corrected chi connectivity index (χ4v) is 2.42. The predicted molar refractivity (Wildman–Crippen MR) is 72.5 cm³/mol. The lowest BCUT2D eigenvalue weighted by Gasteiger charge is -2.16. The summed E-state index contributed by atoms with van der Waals surface area (Å²) in [5.74, 6) is 0. The molecule has 2 aromatic heterocycles. The van der Waals surface area contributed by atoms with E-state index < -0.39 is 11.9 Å². The summed E-state index contributed by atoms with van der Waals surface area (Å²) >= 11 is 1.44. The van der Waals surface area contributed by atoms with Crippen LogP contribution >= 0.6 is 11.3 Å². The summed E-state index contributed by atoms with van der Waals surface area (Å²) in [5.41, 5.74) is 5.92. The van der Waals surface area contributed by atoms with Crippen molar-refractivity contribution in [3.05, 3.63) is 34.0 Å². The van der Waals surface area contributed by atoms with Gasteiger partial charge in [-0.05, 0) is 19.9 Å². The zero-order chi connectivity index (χ0) is 14.9. The smallest absolute Gasteiger partial charge is 0.396 e. The van der Waals surface area contributed by atoms with E-state index in [0.717, 1.165) is 23.0 Å². The molecule has 2 heterocycles. The molecule has 2 rings (SSSR count). The second-order valence-corrected chi connectivity index (χ2v) is 5.24. The average molecular weight is 302 g/mol. The van der Waals surface area contributed by atoms with Gasteiger partial charge >= 0.3 is 6.18 Å². The number of nitrogens with zero attached hydrogens (tertiary/aromatic N) is 2. The number of hydrogen-bond acceptors (Lipinski definition) is 5. The van der Waals surface area contributed by atoms with E-state index in [1.807, 2.05) is 19.2 Å². The van der Waals surface area contributed by atoms with Gasteiger partial charge in [-0.15, -0.1) is 11.3 Å². The molecule has 0 amide bonds. The SMILES string of the molecule is Cc1csc(C(C)Nc2cc(C(F)(F)F)ncc2N)n1. The van der Waals surface area contributed by atoms with Crippen molar-refractivity contribution in [3.8, 4) is 0 Å². The number of nitrogens with two attached hydrogens (primary N) is 1. The van der Waals surface area contributed by atoms with Crippen LogP contribution < -0.4 is 11.1 Å². The van der Waals surface area contributed by atoms with Crippen LogP contribution in [0.1, 0.15) is 29.4 Å². The summed E-state index contributed by atoms with van der Waals surface area (Å²) in [6.07, 6.45) is -3.49. The van der Waals surface area contributed by atoms with Gasteiger partial charge in [-0.25, -0.2) is 9.97 Å². The number of pyridine rings is 1. The van der Waals surface area contributed by atoms with Crippen LogP contribution in [0.3, 0.4) is 0 Å². The summed E-state index contributed by atoms with van der Waals surface area (Å²) in [6, 6.07) is 0.672. The molecule has 0 fully saturated rings. The molecular weight excluding hydrogens is 289 g/mol. The lowest BCUT2D eigenvalue weighted by molar-refractivity contribution is -0.141. The van der Waals surface area contributed by atoms with Crippen molar-refractivity contribution in [1.82, 2.24) is 9.97 Å². The molecule has 0 aromatic carbocycles. The third-order valence-corrected chi connectivity index (χ3v) is 3.75. The highest BCUT2D eigenvalue weighted by molar-refractivity contribution is 7.09. The molecule has 1 unspecified atom stereocenters. The van der Waals surface area contributed by atoms with Crippen molar-refractivity contribution in [3.63, 3.8) is 0 Å². The first kappa shape index (κ1) is 14.6. The molecule has 0 saturated heterocycles. The van der Waals surface area contributed by atoms with Crippen LogP contribution in [-0.2, 0) is 6.18 Å². The van der Waals surface area contributed by atoms with Gasteiger partial charge in [0.05, 0.1) is 23.6 Å². The average Bonchev–Trinajstić information content (AvgIpc) is 2.77. The van der Waals surface area contributed by atoms with Crippen LogP contribution in [0.5, 0.6) is 0 Å². The summed E-state index contributed by atoms with van der Waals surface area (Å²) in [4.78, 5) is 7.58. The Kier molecular flexibility index (Phi) is 3.85.